The van der Waals surface area contributed by atoms with Crippen LogP contribution in [-0.2, 0) is 4.79 Å². The standard InChI is InChI=1S/C21H20N4OS/c1-13-17(14(2)26)18(15-9-5-3-6-10-15)25-19(16-11-7-4-8-12-16)23-21(27)24-20(25)22-13/h3-12,18-19H,1-2H3,(H2,22,23,24,27). The van der Waals surface area contributed by atoms with E-state index in [0.717, 1.165) is 22.4 Å². The zero-order valence-corrected chi connectivity index (χ0v) is 16.0. The maximum Gasteiger partial charge on any atom is 0.208 e. The van der Waals surface area contributed by atoms with Crippen molar-refractivity contribution in [1.29, 1.82) is 0 Å². The van der Waals surface area contributed by atoms with Gasteiger partial charge < -0.3 is 15.5 Å². The second-order valence-corrected chi connectivity index (χ2v) is 7.03. The lowest BCUT2D eigenvalue weighted by Gasteiger charge is -2.47. The summed E-state index contributed by atoms with van der Waals surface area (Å²) in [5.41, 5.74) is 3.63. The van der Waals surface area contributed by atoms with Crippen LogP contribution in [0.5, 0.6) is 0 Å². The molecule has 0 saturated carbocycles. The molecule has 0 fully saturated rings. The van der Waals surface area contributed by atoms with Crippen molar-refractivity contribution in [2.75, 3.05) is 0 Å². The van der Waals surface area contributed by atoms with Crippen LogP contribution in [-0.4, -0.2) is 21.8 Å². The average molecular weight is 376 g/mol. The second-order valence-electron chi connectivity index (χ2n) is 6.64. The van der Waals surface area contributed by atoms with Crippen LogP contribution < -0.4 is 10.6 Å². The van der Waals surface area contributed by atoms with E-state index in [0.29, 0.717) is 11.1 Å². The summed E-state index contributed by atoms with van der Waals surface area (Å²) >= 11 is 5.38. The van der Waals surface area contributed by atoms with Crippen LogP contribution in [0.15, 0.2) is 76.9 Å². The molecule has 2 aliphatic heterocycles. The van der Waals surface area contributed by atoms with Crippen molar-refractivity contribution in [2.24, 2.45) is 4.99 Å². The molecule has 27 heavy (non-hydrogen) atoms. The summed E-state index contributed by atoms with van der Waals surface area (Å²) in [6, 6.07) is 19.8. The smallest absolute Gasteiger partial charge is 0.208 e. The van der Waals surface area contributed by atoms with Gasteiger partial charge >= 0.3 is 0 Å². The normalized spacial score (nSPS) is 21.8. The zero-order chi connectivity index (χ0) is 19.0. The number of rotatable bonds is 3. The van der Waals surface area contributed by atoms with Crippen molar-refractivity contribution >= 4 is 29.1 Å². The number of nitrogens with one attached hydrogen (secondary N) is 2. The van der Waals surface area contributed by atoms with E-state index < -0.39 is 0 Å². The first-order valence-electron chi connectivity index (χ1n) is 8.82. The third-order valence-corrected chi connectivity index (χ3v) is 5.06. The number of ketones is 1. The van der Waals surface area contributed by atoms with Gasteiger partial charge in [0.1, 0.15) is 6.17 Å². The number of nitrogens with zero attached hydrogens (tertiary/aromatic N) is 2. The maximum atomic E-state index is 12.6. The summed E-state index contributed by atoms with van der Waals surface area (Å²) in [5.74, 6) is 0.692. The molecule has 5 nitrogen and oxygen atoms in total. The summed E-state index contributed by atoms with van der Waals surface area (Å²) in [6.07, 6.45) is -0.230. The third kappa shape index (κ3) is 3.13. The number of Topliss-reactive ketones (excluding diaryl/α,β-unsaturated/α-hetero) is 1. The van der Waals surface area contributed by atoms with Crippen molar-refractivity contribution in [3.63, 3.8) is 0 Å². The van der Waals surface area contributed by atoms with Crippen LogP contribution in [0, 0.1) is 0 Å². The number of hydrogen-bond donors (Lipinski definition) is 2. The second kappa shape index (κ2) is 6.96. The Balaban J connectivity index is 1.93. The Labute approximate surface area is 163 Å². The van der Waals surface area contributed by atoms with Gasteiger partial charge in [-0.05, 0) is 37.2 Å². The molecule has 0 aliphatic carbocycles. The minimum atomic E-state index is -0.260. The Kier molecular flexibility index (Phi) is 4.49. The lowest BCUT2D eigenvalue weighted by atomic mass is 9.90. The predicted molar refractivity (Wildman–Crippen MR) is 110 cm³/mol. The van der Waals surface area contributed by atoms with Crippen LogP contribution in [0.1, 0.15) is 37.2 Å². The highest BCUT2D eigenvalue weighted by Gasteiger charge is 2.41. The highest BCUT2D eigenvalue weighted by Crippen LogP contribution is 2.39. The first-order valence-corrected chi connectivity index (χ1v) is 9.23. The molecule has 2 aliphatic rings. The van der Waals surface area contributed by atoms with E-state index in [1.54, 1.807) is 6.92 Å². The van der Waals surface area contributed by atoms with Gasteiger partial charge in [0.2, 0.25) is 5.96 Å². The summed E-state index contributed by atoms with van der Waals surface area (Å²) in [6.45, 7) is 3.52. The molecule has 0 spiro atoms. The molecule has 0 radical (unpaired) electrons. The van der Waals surface area contributed by atoms with E-state index >= 15 is 0 Å². The molecule has 0 aromatic heterocycles. The van der Waals surface area contributed by atoms with Crippen molar-refractivity contribution in [1.82, 2.24) is 15.5 Å². The molecule has 2 N–H and O–H groups in total. The van der Waals surface area contributed by atoms with E-state index in [-0.39, 0.29) is 18.0 Å². The molecule has 2 atom stereocenters. The minimum absolute atomic E-state index is 0.0351. The fourth-order valence-corrected chi connectivity index (χ4v) is 3.93. The van der Waals surface area contributed by atoms with Crippen molar-refractivity contribution in [3.05, 3.63) is 83.1 Å². The largest absolute Gasteiger partial charge is 0.337 e. The summed E-state index contributed by atoms with van der Waals surface area (Å²) in [4.78, 5) is 19.2. The number of carbonyl (C=O) groups is 1. The molecule has 0 saturated heterocycles. The molecule has 0 amide bonds. The molecule has 2 heterocycles. The average Bonchev–Trinajstić information content (AvgIpc) is 2.67. The van der Waals surface area contributed by atoms with Crippen molar-refractivity contribution in [3.8, 4) is 0 Å². The van der Waals surface area contributed by atoms with Gasteiger partial charge in [-0.3, -0.25) is 4.79 Å². The first-order chi connectivity index (χ1) is 13.1. The van der Waals surface area contributed by atoms with Gasteiger partial charge in [0, 0.05) is 11.3 Å². The fraction of sp³-hybridized carbons (Fsp3) is 0.190. The van der Waals surface area contributed by atoms with Crippen LogP contribution >= 0.6 is 12.2 Å². The van der Waals surface area contributed by atoms with Gasteiger partial charge in [0.15, 0.2) is 10.9 Å². The highest BCUT2D eigenvalue weighted by atomic mass is 32.1. The Hall–Kier alpha value is -2.99. The van der Waals surface area contributed by atoms with Gasteiger partial charge in [-0.25, -0.2) is 0 Å². The van der Waals surface area contributed by atoms with Gasteiger partial charge in [0.25, 0.3) is 0 Å². The number of guanidine groups is 1. The zero-order valence-electron chi connectivity index (χ0n) is 15.1. The van der Waals surface area contributed by atoms with Crippen molar-refractivity contribution < 1.29 is 4.79 Å². The van der Waals surface area contributed by atoms with Crippen LogP contribution in [0.3, 0.4) is 0 Å². The van der Waals surface area contributed by atoms with Crippen LogP contribution in [0.2, 0.25) is 0 Å². The summed E-state index contributed by atoms with van der Waals surface area (Å²) in [5, 5.41) is 7.01. The monoisotopic (exact) mass is 376 g/mol. The first kappa shape index (κ1) is 17.4. The topological polar surface area (TPSA) is 56.7 Å². The molecule has 136 valence electrons. The maximum absolute atomic E-state index is 12.6. The molecule has 0 bridgehead atoms. The van der Waals surface area contributed by atoms with Gasteiger partial charge in [-0.1, -0.05) is 60.7 Å². The molecular formula is C21H20N4OS. The van der Waals surface area contributed by atoms with E-state index in [1.807, 2.05) is 67.6 Å². The van der Waals surface area contributed by atoms with Crippen molar-refractivity contribution in [2.45, 2.75) is 26.1 Å². The Morgan fingerprint density at radius 1 is 1.04 bits per heavy atom. The lowest BCUT2D eigenvalue weighted by molar-refractivity contribution is -0.114. The number of benzene rings is 2. The number of allylic oxidation sites excluding steroid dienone is 1. The molecule has 2 unspecified atom stereocenters. The molecular weight excluding hydrogens is 356 g/mol. The van der Waals surface area contributed by atoms with E-state index in [1.165, 1.54) is 0 Å². The third-order valence-electron chi connectivity index (χ3n) is 4.86. The molecule has 4 rings (SSSR count). The highest BCUT2D eigenvalue weighted by molar-refractivity contribution is 7.80. The number of fused-ring (bicyclic) bond motifs is 1. The van der Waals surface area contributed by atoms with Crippen LogP contribution in [0.4, 0.5) is 0 Å². The molecule has 2 aromatic rings. The molecule has 2 aromatic carbocycles. The van der Waals surface area contributed by atoms with Gasteiger partial charge in [-0.15, -0.1) is 0 Å². The van der Waals surface area contributed by atoms with Gasteiger partial charge in [-0.2, -0.15) is 4.99 Å². The van der Waals surface area contributed by atoms with E-state index in [2.05, 4.69) is 20.5 Å². The summed E-state index contributed by atoms with van der Waals surface area (Å²) in [7, 11) is 0. The number of carbonyl (C=O) groups excluding carboxylic acids is 1. The Morgan fingerprint density at radius 3 is 2.22 bits per heavy atom. The van der Waals surface area contributed by atoms with Crippen LogP contribution in [0.25, 0.3) is 0 Å². The lowest BCUT2D eigenvalue weighted by Crippen LogP contribution is -2.57. The predicted octanol–water partition coefficient (Wildman–Crippen LogP) is 3.44. The molecule has 6 heteroatoms. The number of hydrogen-bond acceptors (Lipinski definition) is 4. The van der Waals surface area contributed by atoms with E-state index in [9.17, 15) is 4.79 Å². The minimum Gasteiger partial charge on any atom is -0.337 e. The van der Waals surface area contributed by atoms with E-state index in [4.69, 9.17) is 12.2 Å². The number of thiocarbonyl (C=S) groups is 1. The van der Waals surface area contributed by atoms with Gasteiger partial charge in [0.05, 0.1) is 6.04 Å². The number of aliphatic imine (C=N–C) groups is 1. The Bertz CT molecular complexity index is 953. The quantitative estimate of drug-likeness (QED) is 0.804. The summed E-state index contributed by atoms with van der Waals surface area (Å²) < 4.78 is 0. The fourth-order valence-electron chi connectivity index (χ4n) is 3.74. The Morgan fingerprint density at radius 2 is 1.63 bits per heavy atom. The SMILES string of the molecule is CC(=O)C1=C(C)NC2=NC(=S)NC(c3ccccc3)N2C1c1ccccc1.